The number of nitrogens with zero attached hydrogens (tertiary/aromatic N) is 6. The Hall–Kier alpha value is -4.02. The first-order chi connectivity index (χ1) is 15.5. The van der Waals surface area contributed by atoms with E-state index in [1.807, 2.05) is 25.3 Å². The molecule has 0 aromatic carbocycles. The fraction of sp³-hybridized carbons (Fsp3) is 0.333. The highest BCUT2D eigenvalue weighted by Gasteiger charge is 2.21. The number of hydrogen-bond acceptors (Lipinski definition) is 8. The van der Waals surface area contributed by atoms with Gasteiger partial charge in [-0.15, -0.1) is 0 Å². The van der Waals surface area contributed by atoms with Gasteiger partial charge in [0.15, 0.2) is 5.65 Å². The van der Waals surface area contributed by atoms with Crippen LogP contribution in [0.3, 0.4) is 0 Å². The number of anilines is 1. The van der Waals surface area contributed by atoms with E-state index < -0.39 is 5.69 Å². The SMILES string of the molecule is CCC(Nc1nc(=NC2CC2)n2nc/c(=C/c3[nH]c(=O)[nH]c3O)c2n1)c1ccc(C)cn1. The molecule has 0 aliphatic heterocycles. The zero-order valence-electron chi connectivity index (χ0n) is 17.7. The molecule has 4 aromatic heterocycles. The highest BCUT2D eigenvalue weighted by atomic mass is 16.3. The van der Waals surface area contributed by atoms with E-state index in [1.165, 1.54) is 0 Å². The van der Waals surface area contributed by atoms with Gasteiger partial charge >= 0.3 is 5.69 Å². The molecule has 11 heteroatoms. The summed E-state index contributed by atoms with van der Waals surface area (Å²) in [6.45, 7) is 4.07. The van der Waals surface area contributed by atoms with Gasteiger partial charge in [0.1, 0.15) is 5.69 Å². The maximum absolute atomic E-state index is 11.5. The molecule has 0 amide bonds. The van der Waals surface area contributed by atoms with E-state index in [9.17, 15) is 9.90 Å². The molecule has 1 atom stereocenters. The van der Waals surface area contributed by atoms with Crippen molar-refractivity contribution in [3.05, 3.63) is 62.8 Å². The zero-order valence-corrected chi connectivity index (χ0v) is 17.7. The van der Waals surface area contributed by atoms with Crippen molar-refractivity contribution in [1.82, 2.24) is 34.5 Å². The molecule has 0 bridgehead atoms. The third kappa shape index (κ3) is 3.96. The molecule has 11 nitrogen and oxygen atoms in total. The molecular weight excluding hydrogens is 410 g/mol. The second-order valence-electron chi connectivity index (χ2n) is 7.89. The molecule has 4 N–H and O–H groups in total. The average Bonchev–Trinajstić information content (AvgIpc) is 3.41. The summed E-state index contributed by atoms with van der Waals surface area (Å²) in [5.74, 6) is 0.161. The maximum atomic E-state index is 11.5. The zero-order chi connectivity index (χ0) is 22.2. The smallest absolute Gasteiger partial charge is 0.326 e. The molecular formula is C21H23N9O2. The first-order valence-corrected chi connectivity index (χ1v) is 10.5. The topological polar surface area (TPSA) is 149 Å². The van der Waals surface area contributed by atoms with Crippen LogP contribution in [0.25, 0.3) is 11.7 Å². The van der Waals surface area contributed by atoms with Crippen molar-refractivity contribution in [3.63, 3.8) is 0 Å². The lowest BCUT2D eigenvalue weighted by Gasteiger charge is -2.16. The number of pyridine rings is 1. The van der Waals surface area contributed by atoms with Gasteiger partial charge in [-0.05, 0) is 43.9 Å². The molecule has 1 aliphatic carbocycles. The van der Waals surface area contributed by atoms with Gasteiger partial charge in [-0.25, -0.2) is 9.79 Å². The predicted molar refractivity (Wildman–Crippen MR) is 117 cm³/mol. The Morgan fingerprint density at radius 1 is 1.31 bits per heavy atom. The minimum Gasteiger partial charge on any atom is -0.493 e. The Morgan fingerprint density at radius 3 is 2.81 bits per heavy atom. The largest absolute Gasteiger partial charge is 0.493 e. The lowest BCUT2D eigenvalue weighted by Crippen LogP contribution is -2.26. The maximum Gasteiger partial charge on any atom is 0.326 e. The Kier molecular flexibility index (Phi) is 4.92. The summed E-state index contributed by atoms with van der Waals surface area (Å²) in [4.78, 5) is 34.8. The number of imidazole rings is 1. The van der Waals surface area contributed by atoms with Crippen molar-refractivity contribution >= 4 is 17.7 Å². The van der Waals surface area contributed by atoms with Crippen LogP contribution in [0.1, 0.15) is 49.2 Å². The highest BCUT2D eigenvalue weighted by Crippen LogP contribution is 2.22. The number of nitrogens with one attached hydrogen (secondary N) is 3. The van der Waals surface area contributed by atoms with Crippen LogP contribution in [-0.2, 0) is 0 Å². The summed E-state index contributed by atoms with van der Waals surface area (Å²) < 4.78 is 1.57. The van der Waals surface area contributed by atoms with Crippen LogP contribution in [0.4, 0.5) is 5.95 Å². The number of aromatic nitrogens is 7. The summed E-state index contributed by atoms with van der Waals surface area (Å²) >= 11 is 0. The van der Waals surface area contributed by atoms with E-state index in [2.05, 4.69) is 47.3 Å². The summed E-state index contributed by atoms with van der Waals surface area (Å²) in [5.41, 5.74) is 2.71. The van der Waals surface area contributed by atoms with E-state index >= 15 is 0 Å². The lowest BCUT2D eigenvalue weighted by atomic mass is 10.1. The molecule has 4 aromatic rings. The molecule has 164 valence electrons. The first kappa shape index (κ1) is 19.9. The Labute approximate surface area is 182 Å². The minimum absolute atomic E-state index is 0.0766. The molecule has 1 fully saturated rings. The molecule has 1 unspecified atom stereocenters. The number of aryl methyl sites for hydroxylation is 1. The van der Waals surface area contributed by atoms with Crippen molar-refractivity contribution in [2.75, 3.05) is 5.32 Å². The summed E-state index contributed by atoms with van der Waals surface area (Å²) in [6.07, 6.45) is 7.88. The van der Waals surface area contributed by atoms with Crippen LogP contribution in [0.5, 0.6) is 5.88 Å². The van der Waals surface area contributed by atoms with E-state index in [1.54, 1.807) is 16.8 Å². The predicted octanol–water partition coefficient (Wildman–Crippen LogP) is 0.724. The summed E-state index contributed by atoms with van der Waals surface area (Å²) in [6, 6.07) is 4.18. The van der Waals surface area contributed by atoms with Crippen LogP contribution >= 0.6 is 0 Å². The van der Waals surface area contributed by atoms with Crippen molar-refractivity contribution in [2.45, 2.75) is 45.2 Å². The molecule has 1 aliphatic rings. The van der Waals surface area contributed by atoms with E-state index in [0.29, 0.717) is 22.4 Å². The number of aromatic amines is 2. The van der Waals surface area contributed by atoms with E-state index in [0.717, 1.165) is 30.5 Å². The van der Waals surface area contributed by atoms with Gasteiger partial charge in [0, 0.05) is 11.4 Å². The Morgan fingerprint density at radius 2 is 2.16 bits per heavy atom. The van der Waals surface area contributed by atoms with Gasteiger partial charge < -0.3 is 15.4 Å². The van der Waals surface area contributed by atoms with Crippen molar-refractivity contribution < 1.29 is 5.11 Å². The number of H-pyrrole nitrogens is 2. The van der Waals surface area contributed by atoms with E-state index in [4.69, 9.17) is 0 Å². The first-order valence-electron chi connectivity index (χ1n) is 10.5. The van der Waals surface area contributed by atoms with Crippen LogP contribution in [-0.4, -0.2) is 45.7 Å². The quantitative estimate of drug-likeness (QED) is 0.350. The van der Waals surface area contributed by atoms with E-state index in [-0.39, 0.29) is 23.7 Å². The van der Waals surface area contributed by atoms with Crippen LogP contribution < -0.4 is 21.8 Å². The normalized spacial score (nSPS) is 16.1. The van der Waals surface area contributed by atoms with Gasteiger partial charge in [-0.2, -0.15) is 19.6 Å². The van der Waals surface area contributed by atoms with Gasteiger partial charge in [0.25, 0.3) is 5.62 Å². The van der Waals surface area contributed by atoms with Crippen LogP contribution in [0, 0.1) is 6.92 Å². The molecule has 0 radical (unpaired) electrons. The average molecular weight is 433 g/mol. The fourth-order valence-corrected chi connectivity index (χ4v) is 3.37. The van der Waals surface area contributed by atoms with Crippen molar-refractivity contribution in [1.29, 1.82) is 0 Å². The fourth-order valence-electron chi connectivity index (χ4n) is 3.37. The lowest BCUT2D eigenvalue weighted by molar-refractivity contribution is 0.454. The Bertz CT molecular complexity index is 1450. The summed E-state index contributed by atoms with van der Waals surface area (Å²) in [5, 5.41) is 18.3. The van der Waals surface area contributed by atoms with Crippen LogP contribution in [0.2, 0.25) is 0 Å². The molecule has 0 saturated heterocycles. The van der Waals surface area contributed by atoms with Crippen LogP contribution in [0.15, 0.2) is 34.3 Å². The van der Waals surface area contributed by atoms with Gasteiger partial charge in [-0.3, -0.25) is 9.97 Å². The second kappa shape index (κ2) is 7.91. The molecule has 5 rings (SSSR count). The third-order valence-electron chi connectivity index (χ3n) is 5.26. The molecule has 32 heavy (non-hydrogen) atoms. The monoisotopic (exact) mass is 433 g/mol. The molecule has 4 heterocycles. The summed E-state index contributed by atoms with van der Waals surface area (Å²) in [7, 11) is 0. The number of fused-ring (bicyclic) bond motifs is 1. The highest BCUT2D eigenvalue weighted by molar-refractivity contribution is 5.57. The third-order valence-corrected chi connectivity index (χ3v) is 5.26. The number of hydrogen-bond donors (Lipinski definition) is 4. The minimum atomic E-state index is -0.497. The molecule has 0 spiro atoms. The Balaban J connectivity index is 1.62. The molecule has 1 saturated carbocycles. The second-order valence-corrected chi connectivity index (χ2v) is 7.89. The van der Waals surface area contributed by atoms with Crippen molar-refractivity contribution in [3.8, 4) is 5.88 Å². The van der Waals surface area contributed by atoms with Crippen molar-refractivity contribution in [2.24, 2.45) is 4.99 Å². The number of aromatic hydroxyl groups is 1. The standard InChI is InChI=1S/C21H23N9O2/c1-3-14(15-7-4-11(2)9-22-15)25-19-27-17-12(8-16-18(31)28-21(32)26-16)10-23-30(17)20(29-19)24-13-5-6-13/h4,7-10,13-14,31H,3,5-6H2,1-2H3,(H,24,25,29)(H2,26,28,32)/b12-8-. The number of rotatable bonds is 6. The van der Waals surface area contributed by atoms with Gasteiger partial charge in [0.2, 0.25) is 11.8 Å². The van der Waals surface area contributed by atoms with Gasteiger partial charge in [0.05, 0.1) is 24.0 Å². The van der Waals surface area contributed by atoms with Gasteiger partial charge in [-0.1, -0.05) is 13.0 Å².